The van der Waals surface area contributed by atoms with Crippen molar-refractivity contribution in [2.45, 2.75) is 0 Å². The molecule has 0 saturated heterocycles. The zero-order valence-electron chi connectivity index (χ0n) is 6.75. The Morgan fingerprint density at radius 3 is 2.38 bits per heavy atom. The summed E-state index contributed by atoms with van der Waals surface area (Å²) >= 11 is 0. The van der Waals surface area contributed by atoms with Gasteiger partial charge in [0.1, 0.15) is 0 Å². The molecule has 1 aromatic rings. The van der Waals surface area contributed by atoms with Crippen molar-refractivity contribution >= 4 is 25.7 Å². The summed E-state index contributed by atoms with van der Waals surface area (Å²) in [7, 11) is -1.84. The SMILES string of the molecule is O=S(=O)(C=Cc1ccccc1)OP. The zero-order chi connectivity index (χ0) is 9.73. The second-order valence-corrected chi connectivity index (χ2v) is 4.33. The topological polar surface area (TPSA) is 43.4 Å². The fourth-order valence-electron chi connectivity index (χ4n) is 0.758. The fraction of sp³-hybridized carbons (Fsp3) is 0. The molecular formula is C8H9O3PS. The Bertz CT molecular complexity index is 383. The summed E-state index contributed by atoms with van der Waals surface area (Å²) < 4.78 is 25.8. The molecule has 0 fully saturated rings. The van der Waals surface area contributed by atoms with Gasteiger partial charge in [0, 0.05) is 9.47 Å². The Morgan fingerprint density at radius 1 is 1.23 bits per heavy atom. The summed E-state index contributed by atoms with van der Waals surface area (Å²) in [6, 6.07) is 9.11. The maximum absolute atomic E-state index is 10.8. The lowest BCUT2D eigenvalue weighted by atomic mass is 10.2. The molecule has 5 heteroatoms. The average molecular weight is 216 g/mol. The molecule has 70 valence electrons. The van der Waals surface area contributed by atoms with Gasteiger partial charge >= 0.3 is 0 Å². The zero-order valence-corrected chi connectivity index (χ0v) is 8.72. The molecule has 0 aliphatic rings. The molecule has 0 radical (unpaired) electrons. The van der Waals surface area contributed by atoms with Crippen molar-refractivity contribution in [2.75, 3.05) is 0 Å². The monoisotopic (exact) mass is 216 g/mol. The van der Waals surface area contributed by atoms with Crippen molar-refractivity contribution in [1.82, 2.24) is 0 Å². The van der Waals surface area contributed by atoms with Crippen LogP contribution in [-0.4, -0.2) is 8.42 Å². The summed E-state index contributed by atoms with van der Waals surface area (Å²) in [6.45, 7) is 0. The summed E-state index contributed by atoms with van der Waals surface area (Å²) in [4.78, 5) is 0. The first-order valence-corrected chi connectivity index (χ1v) is 5.45. The molecule has 0 aromatic heterocycles. The maximum Gasteiger partial charge on any atom is 0.292 e. The largest absolute Gasteiger partial charge is 0.292 e. The van der Waals surface area contributed by atoms with E-state index in [0.717, 1.165) is 11.0 Å². The van der Waals surface area contributed by atoms with Gasteiger partial charge in [-0.2, -0.15) is 8.42 Å². The molecule has 1 unspecified atom stereocenters. The highest BCUT2D eigenvalue weighted by molar-refractivity contribution is 7.91. The Balaban J connectivity index is 2.82. The standard InChI is InChI=1S/C8H9O3PS/c9-13(10,11-12)7-6-8-4-2-1-3-5-8/h1-7H,12H2. The van der Waals surface area contributed by atoms with E-state index in [-0.39, 0.29) is 0 Å². The highest BCUT2D eigenvalue weighted by Crippen LogP contribution is 2.06. The van der Waals surface area contributed by atoms with E-state index in [2.05, 4.69) is 3.97 Å². The van der Waals surface area contributed by atoms with Gasteiger partial charge in [-0.25, -0.2) is 0 Å². The van der Waals surface area contributed by atoms with E-state index >= 15 is 0 Å². The van der Waals surface area contributed by atoms with E-state index in [9.17, 15) is 8.42 Å². The number of hydrogen-bond acceptors (Lipinski definition) is 3. The van der Waals surface area contributed by atoms with Crippen LogP contribution in [0.4, 0.5) is 0 Å². The summed E-state index contributed by atoms with van der Waals surface area (Å²) in [6.07, 6.45) is 1.47. The number of benzene rings is 1. The lowest BCUT2D eigenvalue weighted by Gasteiger charge is -1.92. The van der Waals surface area contributed by atoms with Crippen molar-refractivity contribution in [2.24, 2.45) is 0 Å². The number of rotatable bonds is 3. The minimum absolute atomic E-state index is 0.813. The minimum atomic E-state index is -3.54. The van der Waals surface area contributed by atoms with Gasteiger partial charge < -0.3 is 0 Å². The van der Waals surface area contributed by atoms with Gasteiger partial charge in [-0.3, -0.25) is 3.97 Å². The predicted molar refractivity (Wildman–Crippen MR) is 55.2 cm³/mol. The molecule has 0 saturated carbocycles. The second kappa shape index (κ2) is 4.51. The molecule has 0 amide bonds. The third-order valence-corrected chi connectivity index (χ3v) is 2.90. The molecule has 0 aliphatic heterocycles. The highest BCUT2D eigenvalue weighted by Gasteiger charge is 2.00. The fourth-order valence-corrected chi connectivity index (χ4v) is 1.34. The van der Waals surface area contributed by atoms with Gasteiger partial charge in [-0.15, -0.1) is 0 Å². The Kier molecular flexibility index (Phi) is 3.60. The van der Waals surface area contributed by atoms with Crippen LogP contribution in [0.2, 0.25) is 0 Å². The molecule has 1 rings (SSSR count). The molecule has 0 spiro atoms. The van der Waals surface area contributed by atoms with Crippen molar-refractivity contribution in [1.29, 1.82) is 0 Å². The average Bonchev–Trinajstić information content (AvgIpc) is 2.17. The normalized spacial score (nSPS) is 12.1. The first-order valence-electron chi connectivity index (χ1n) is 3.50. The lowest BCUT2D eigenvalue weighted by molar-refractivity contribution is 0.529. The van der Waals surface area contributed by atoms with Crippen LogP contribution < -0.4 is 0 Å². The van der Waals surface area contributed by atoms with Gasteiger partial charge in [-0.05, 0) is 11.6 Å². The summed E-state index contributed by atoms with van der Waals surface area (Å²) in [5, 5.41) is 1.01. The first kappa shape index (κ1) is 10.4. The van der Waals surface area contributed by atoms with Crippen LogP contribution in [0.15, 0.2) is 35.7 Å². The van der Waals surface area contributed by atoms with Crippen LogP contribution in [0.25, 0.3) is 6.08 Å². The van der Waals surface area contributed by atoms with Gasteiger partial charge in [0.05, 0.1) is 5.41 Å². The van der Waals surface area contributed by atoms with Crippen molar-refractivity contribution < 1.29 is 12.4 Å². The van der Waals surface area contributed by atoms with E-state index in [0.29, 0.717) is 0 Å². The van der Waals surface area contributed by atoms with E-state index < -0.39 is 10.1 Å². The number of hydrogen-bond donors (Lipinski definition) is 0. The molecular weight excluding hydrogens is 207 g/mol. The van der Waals surface area contributed by atoms with E-state index in [4.69, 9.17) is 0 Å². The molecule has 0 bridgehead atoms. The Labute approximate surface area is 79.8 Å². The molecule has 0 N–H and O–H groups in total. The van der Waals surface area contributed by atoms with Crippen molar-refractivity contribution in [3.8, 4) is 0 Å². The van der Waals surface area contributed by atoms with E-state index in [1.807, 2.05) is 18.2 Å². The first-order chi connectivity index (χ1) is 6.14. The van der Waals surface area contributed by atoms with Gasteiger partial charge in [0.25, 0.3) is 10.1 Å². The van der Waals surface area contributed by atoms with Crippen molar-refractivity contribution in [3.63, 3.8) is 0 Å². The molecule has 3 nitrogen and oxygen atoms in total. The minimum Gasteiger partial charge on any atom is -0.251 e. The van der Waals surface area contributed by atoms with Gasteiger partial charge in [0.15, 0.2) is 0 Å². The van der Waals surface area contributed by atoms with E-state index in [1.54, 1.807) is 21.6 Å². The van der Waals surface area contributed by atoms with Crippen LogP contribution in [-0.2, 0) is 14.1 Å². The second-order valence-electron chi connectivity index (χ2n) is 2.30. The van der Waals surface area contributed by atoms with E-state index in [1.165, 1.54) is 6.08 Å². The third kappa shape index (κ3) is 3.68. The van der Waals surface area contributed by atoms with Crippen LogP contribution in [0.1, 0.15) is 5.56 Å². The lowest BCUT2D eigenvalue weighted by Crippen LogP contribution is -1.91. The molecule has 0 aliphatic carbocycles. The summed E-state index contributed by atoms with van der Waals surface area (Å²) in [5.41, 5.74) is 0.813. The molecule has 1 atom stereocenters. The predicted octanol–water partition coefficient (Wildman–Crippen LogP) is 1.79. The van der Waals surface area contributed by atoms with Crippen molar-refractivity contribution in [3.05, 3.63) is 41.3 Å². The van der Waals surface area contributed by atoms with Crippen LogP contribution >= 0.6 is 9.47 Å². The van der Waals surface area contributed by atoms with Crippen LogP contribution in [0, 0.1) is 0 Å². The van der Waals surface area contributed by atoms with Gasteiger partial charge in [0.2, 0.25) is 0 Å². The van der Waals surface area contributed by atoms with Gasteiger partial charge in [-0.1, -0.05) is 30.3 Å². The molecule has 1 aromatic carbocycles. The maximum atomic E-state index is 10.8. The Hall–Kier alpha value is -0.700. The van der Waals surface area contributed by atoms with Crippen LogP contribution in [0.3, 0.4) is 0 Å². The quantitative estimate of drug-likeness (QED) is 0.723. The Morgan fingerprint density at radius 2 is 1.85 bits per heavy atom. The highest BCUT2D eigenvalue weighted by atomic mass is 32.2. The van der Waals surface area contributed by atoms with Crippen LogP contribution in [0.5, 0.6) is 0 Å². The third-order valence-electron chi connectivity index (χ3n) is 1.36. The molecule has 0 heterocycles. The smallest absolute Gasteiger partial charge is 0.251 e. The molecule has 13 heavy (non-hydrogen) atoms. The summed E-state index contributed by atoms with van der Waals surface area (Å²) in [5.74, 6) is 0.